The number of halogens is 2. The van der Waals surface area contributed by atoms with Crippen molar-refractivity contribution in [1.82, 2.24) is 0 Å². The standard InChI is InChI=1S/C12H8.2BrH/c1-3-9-4-2-6-11-8-7-10(5-1)12(9)11;;/h1-8H;2*1H. The zero-order valence-electron chi connectivity index (χ0n) is 7.44. The highest BCUT2D eigenvalue weighted by Gasteiger charge is 2.06. The van der Waals surface area contributed by atoms with Crippen LogP contribution in [0.2, 0.25) is 0 Å². The second-order valence-corrected chi connectivity index (χ2v) is 3.13. The SMILES string of the molecule is Br.Br.C1=Cc2cccc3cccc1c23. The van der Waals surface area contributed by atoms with Crippen LogP contribution in [0.4, 0.5) is 0 Å². The molecule has 1 aliphatic carbocycles. The van der Waals surface area contributed by atoms with Gasteiger partial charge in [-0.1, -0.05) is 48.6 Å². The van der Waals surface area contributed by atoms with Crippen LogP contribution in [0.1, 0.15) is 11.1 Å². The molecule has 3 rings (SSSR count). The van der Waals surface area contributed by atoms with Crippen molar-refractivity contribution in [1.29, 1.82) is 0 Å². The van der Waals surface area contributed by atoms with Gasteiger partial charge in [-0.3, -0.25) is 0 Å². The second-order valence-electron chi connectivity index (χ2n) is 3.13. The van der Waals surface area contributed by atoms with Gasteiger partial charge in [0.15, 0.2) is 0 Å². The summed E-state index contributed by atoms with van der Waals surface area (Å²) in [6.07, 6.45) is 4.36. The summed E-state index contributed by atoms with van der Waals surface area (Å²) < 4.78 is 0. The topological polar surface area (TPSA) is 0 Å². The lowest BCUT2D eigenvalue weighted by molar-refractivity contribution is 1.72. The lowest BCUT2D eigenvalue weighted by atomic mass is 10.0. The molecular weight excluding hydrogens is 304 g/mol. The molecule has 1 aliphatic rings. The van der Waals surface area contributed by atoms with Crippen LogP contribution in [-0.4, -0.2) is 0 Å². The Morgan fingerprint density at radius 2 is 1.14 bits per heavy atom. The first-order valence-electron chi connectivity index (χ1n) is 4.15. The molecule has 0 saturated heterocycles. The first-order chi connectivity index (χ1) is 5.95. The van der Waals surface area contributed by atoms with Crippen molar-refractivity contribution in [3.8, 4) is 0 Å². The maximum Gasteiger partial charge on any atom is -0.00389 e. The molecule has 0 amide bonds. The predicted molar refractivity (Wildman–Crippen MR) is 73.5 cm³/mol. The monoisotopic (exact) mass is 312 g/mol. The molecule has 0 radical (unpaired) electrons. The molecule has 0 fully saturated rings. The Bertz CT molecular complexity index is 446. The van der Waals surface area contributed by atoms with Crippen LogP contribution in [0.3, 0.4) is 0 Å². The van der Waals surface area contributed by atoms with Crippen LogP contribution in [0.5, 0.6) is 0 Å². The molecule has 2 aromatic carbocycles. The summed E-state index contributed by atoms with van der Waals surface area (Å²) in [7, 11) is 0. The molecule has 0 spiro atoms. The molecule has 0 nitrogen and oxygen atoms in total. The fourth-order valence-corrected chi connectivity index (χ4v) is 1.86. The predicted octanol–water partition coefficient (Wildman–Crippen LogP) is 4.48. The molecule has 0 N–H and O–H groups in total. The Kier molecular flexibility index (Phi) is 3.51. The summed E-state index contributed by atoms with van der Waals surface area (Å²) in [4.78, 5) is 0. The van der Waals surface area contributed by atoms with Crippen molar-refractivity contribution >= 4 is 56.9 Å². The minimum atomic E-state index is 0. The molecule has 14 heavy (non-hydrogen) atoms. The minimum Gasteiger partial charge on any atom is -0.114 e. The summed E-state index contributed by atoms with van der Waals surface area (Å²) in [6, 6.07) is 12.9. The Balaban J connectivity index is 0.000000490. The molecule has 0 atom stereocenters. The molecule has 0 unspecified atom stereocenters. The highest BCUT2D eigenvalue weighted by molar-refractivity contribution is 8.93. The van der Waals surface area contributed by atoms with Gasteiger partial charge in [-0.25, -0.2) is 0 Å². The first kappa shape index (κ1) is 11.5. The van der Waals surface area contributed by atoms with E-state index < -0.39 is 0 Å². The maximum absolute atomic E-state index is 2.18. The van der Waals surface area contributed by atoms with Crippen LogP contribution in [-0.2, 0) is 0 Å². The quantitative estimate of drug-likeness (QED) is 0.574. The molecular formula is C12H10Br2. The van der Waals surface area contributed by atoms with E-state index in [9.17, 15) is 0 Å². The van der Waals surface area contributed by atoms with E-state index in [4.69, 9.17) is 0 Å². The smallest absolute Gasteiger partial charge is 0.00389 e. The lowest BCUT2D eigenvalue weighted by Gasteiger charge is -1.99. The van der Waals surface area contributed by atoms with Crippen LogP contribution < -0.4 is 0 Å². The zero-order chi connectivity index (χ0) is 7.97. The molecule has 72 valence electrons. The number of hydrogen-bond acceptors (Lipinski definition) is 0. The Morgan fingerprint density at radius 1 is 0.643 bits per heavy atom. The lowest BCUT2D eigenvalue weighted by Crippen LogP contribution is -1.76. The van der Waals surface area contributed by atoms with Crippen LogP contribution in [0, 0.1) is 0 Å². The van der Waals surface area contributed by atoms with Crippen molar-refractivity contribution in [2.24, 2.45) is 0 Å². The van der Waals surface area contributed by atoms with E-state index in [0.717, 1.165) is 0 Å². The van der Waals surface area contributed by atoms with Crippen LogP contribution in [0.25, 0.3) is 22.9 Å². The van der Waals surface area contributed by atoms with Crippen molar-refractivity contribution in [3.05, 3.63) is 47.5 Å². The van der Waals surface area contributed by atoms with Crippen molar-refractivity contribution < 1.29 is 0 Å². The van der Waals surface area contributed by atoms with Gasteiger partial charge >= 0.3 is 0 Å². The molecule has 0 aromatic heterocycles. The van der Waals surface area contributed by atoms with Crippen molar-refractivity contribution in [2.45, 2.75) is 0 Å². The van der Waals surface area contributed by atoms with Gasteiger partial charge in [0.05, 0.1) is 0 Å². The highest BCUT2D eigenvalue weighted by atomic mass is 79.9. The Hall–Kier alpha value is -0.600. The van der Waals surface area contributed by atoms with Gasteiger partial charge in [-0.2, -0.15) is 0 Å². The number of benzene rings is 2. The average molecular weight is 314 g/mol. The third-order valence-electron chi connectivity index (χ3n) is 2.41. The molecule has 0 saturated carbocycles. The first-order valence-corrected chi connectivity index (χ1v) is 4.15. The van der Waals surface area contributed by atoms with Gasteiger partial charge in [0.1, 0.15) is 0 Å². The molecule has 0 heterocycles. The van der Waals surface area contributed by atoms with Crippen LogP contribution >= 0.6 is 34.0 Å². The van der Waals surface area contributed by atoms with Gasteiger partial charge in [-0.15, -0.1) is 34.0 Å². The van der Waals surface area contributed by atoms with Gasteiger partial charge < -0.3 is 0 Å². The summed E-state index contributed by atoms with van der Waals surface area (Å²) in [6.45, 7) is 0. The van der Waals surface area contributed by atoms with E-state index >= 15 is 0 Å². The fourth-order valence-electron chi connectivity index (χ4n) is 1.86. The van der Waals surface area contributed by atoms with E-state index in [1.165, 1.54) is 21.9 Å². The minimum absolute atomic E-state index is 0. The van der Waals surface area contributed by atoms with E-state index in [-0.39, 0.29) is 34.0 Å². The van der Waals surface area contributed by atoms with E-state index in [2.05, 4.69) is 48.6 Å². The summed E-state index contributed by atoms with van der Waals surface area (Å²) in [5.41, 5.74) is 2.70. The maximum atomic E-state index is 2.18. The van der Waals surface area contributed by atoms with E-state index in [1.54, 1.807) is 0 Å². The van der Waals surface area contributed by atoms with Gasteiger partial charge in [-0.05, 0) is 21.9 Å². The number of rotatable bonds is 0. The van der Waals surface area contributed by atoms with Crippen molar-refractivity contribution in [3.63, 3.8) is 0 Å². The Morgan fingerprint density at radius 3 is 1.64 bits per heavy atom. The van der Waals surface area contributed by atoms with Gasteiger partial charge in [0.25, 0.3) is 0 Å². The third-order valence-corrected chi connectivity index (χ3v) is 2.41. The Labute approximate surface area is 104 Å². The summed E-state index contributed by atoms with van der Waals surface area (Å²) >= 11 is 0. The third kappa shape index (κ3) is 1.53. The zero-order valence-corrected chi connectivity index (χ0v) is 10.9. The van der Waals surface area contributed by atoms with Gasteiger partial charge in [0, 0.05) is 0 Å². The van der Waals surface area contributed by atoms with Crippen LogP contribution in [0.15, 0.2) is 36.4 Å². The van der Waals surface area contributed by atoms with Crippen molar-refractivity contribution in [2.75, 3.05) is 0 Å². The summed E-state index contributed by atoms with van der Waals surface area (Å²) in [5.74, 6) is 0. The molecule has 0 aliphatic heterocycles. The summed E-state index contributed by atoms with van der Waals surface area (Å²) in [5, 5.41) is 2.75. The second kappa shape index (κ2) is 4.28. The fraction of sp³-hybridized carbons (Fsp3) is 0. The average Bonchev–Trinajstić information content (AvgIpc) is 2.52. The molecule has 2 heteroatoms. The molecule has 2 aromatic rings. The van der Waals surface area contributed by atoms with E-state index in [1.807, 2.05) is 0 Å². The normalized spacial score (nSPS) is 10.9. The largest absolute Gasteiger partial charge is 0.114 e. The van der Waals surface area contributed by atoms with E-state index in [0.29, 0.717) is 0 Å². The van der Waals surface area contributed by atoms with Gasteiger partial charge in [0.2, 0.25) is 0 Å². The highest BCUT2D eigenvalue weighted by Crippen LogP contribution is 2.30. The molecule has 0 bridgehead atoms. The number of hydrogen-bond donors (Lipinski definition) is 0.